The number of aromatic nitrogens is 2. The van der Waals surface area contributed by atoms with Gasteiger partial charge in [-0.1, -0.05) is 19.9 Å². The minimum absolute atomic E-state index is 0.406. The largest absolute Gasteiger partial charge is 0.398 e. The van der Waals surface area contributed by atoms with E-state index in [4.69, 9.17) is 5.73 Å². The second kappa shape index (κ2) is 3.01. The highest BCUT2D eigenvalue weighted by atomic mass is 15.3. The zero-order chi connectivity index (χ0) is 10.3. The summed E-state index contributed by atoms with van der Waals surface area (Å²) in [7, 11) is 1.95. The van der Waals surface area contributed by atoms with E-state index in [9.17, 15) is 0 Å². The van der Waals surface area contributed by atoms with E-state index in [1.165, 1.54) is 0 Å². The Morgan fingerprint density at radius 2 is 2.07 bits per heavy atom. The summed E-state index contributed by atoms with van der Waals surface area (Å²) >= 11 is 0. The van der Waals surface area contributed by atoms with Crippen LogP contribution in [0.2, 0.25) is 0 Å². The number of anilines is 1. The van der Waals surface area contributed by atoms with Gasteiger partial charge >= 0.3 is 0 Å². The third kappa shape index (κ3) is 1.16. The van der Waals surface area contributed by atoms with Crippen molar-refractivity contribution in [3.63, 3.8) is 0 Å². The Hall–Kier alpha value is -1.51. The molecule has 1 aromatic carbocycles. The molecule has 0 radical (unpaired) electrons. The first kappa shape index (κ1) is 9.06. The van der Waals surface area contributed by atoms with E-state index < -0.39 is 0 Å². The highest BCUT2D eigenvalue weighted by Gasteiger charge is 2.13. The molecule has 0 aliphatic rings. The molecule has 2 rings (SSSR count). The molecule has 0 fully saturated rings. The lowest BCUT2D eigenvalue weighted by Gasteiger charge is -2.01. The Kier molecular flexibility index (Phi) is 1.95. The molecule has 0 atom stereocenters. The van der Waals surface area contributed by atoms with Crippen molar-refractivity contribution in [3.05, 3.63) is 23.9 Å². The van der Waals surface area contributed by atoms with Gasteiger partial charge < -0.3 is 5.73 Å². The number of nitrogens with zero attached hydrogens (tertiary/aromatic N) is 2. The molecule has 1 heterocycles. The van der Waals surface area contributed by atoms with Gasteiger partial charge in [-0.15, -0.1) is 0 Å². The molecule has 74 valence electrons. The number of nitrogen functional groups attached to an aromatic ring is 1. The molecule has 2 aromatic rings. The van der Waals surface area contributed by atoms with Crippen molar-refractivity contribution in [2.24, 2.45) is 7.05 Å². The van der Waals surface area contributed by atoms with Crippen molar-refractivity contribution in [2.75, 3.05) is 5.73 Å². The van der Waals surface area contributed by atoms with Crippen molar-refractivity contribution in [2.45, 2.75) is 19.8 Å². The monoisotopic (exact) mass is 189 g/mol. The van der Waals surface area contributed by atoms with E-state index in [0.29, 0.717) is 5.92 Å². The third-order valence-corrected chi connectivity index (χ3v) is 2.48. The van der Waals surface area contributed by atoms with Crippen LogP contribution in [-0.4, -0.2) is 9.78 Å². The Morgan fingerprint density at radius 3 is 2.71 bits per heavy atom. The summed E-state index contributed by atoms with van der Waals surface area (Å²) < 4.78 is 1.89. The van der Waals surface area contributed by atoms with Gasteiger partial charge in [0.2, 0.25) is 0 Å². The zero-order valence-corrected chi connectivity index (χ0v) is 8.78. The first-order valence-corrected chi connectivity index (χ1v) is 4.82. The summed E-state index contributed by atoms with van der Waals surface area (Å²) in [6.07, 6.45) is 0. The maximum atomic E-state index is 5.95. The minimum Gasteiger partial charge on any atom is -0.398 e. The minimum atomic E-state index is 0.406. The number of rotatable bonds is 1. The summed E-state index contributed by atoms with van der Waals surface area (Å²) in [4.78, 5) is 0. The molecule has 0 bridgehead atoms. The van der Waals surface area contributed by atoms with Crippen molar-refractivity contribution in [1.82, 2.24) is 9.78 Å². The van der Waals surface area contributed by atoms with E-state index >= 15 is 0 Å². The number of nitrogens with two attached hydrogens (primary N) is 1. The van der Waals surface area contributed by atoms with Crippen molar-refractivity contribution in [3.8, 4) is 0 Å². The van der Waals surface area contributed by atoms with Crippen LogP contribution in [0, 0.1) is 0 Å². The lowest BCUT2D eigenvalue weighted by atomic mass is 10.1. The van der Waals surface area contributed by atoms with Gasteiger partial charge in [-0.25, -0.2) is 0 Å². The summed E-state index contributed by atoms with van der Waals surface area (Å²) in [6.45, 7) is 4.27. The third-order valence-electron chi connectivity index (χ3n) is 2.48. The topological polar surface area (TPSA) is 43.8 Å². The fourth-order valence-corrected chi connectivity index (χ4v) is 1.78. The van der Waals surface area contributed by atoms with Crippen LogP contribution in [0.1, 0.15) is 25.5 Å². The van der Waals surface area contributed by atoms with Crippen LogP contribution in [0.15, 0.2) is 18.2 Å². The lowest BCUT2D eigenvalue weighted by molar-refractivity contribution is 0.729. The molecule has 0 aliphatic heterocycles. The maximum Gasteiger partial charge on any atom is 0.0749 e. The van der Waals surface area contributed by atoms with E-state index in [0.717, 1.165) is 22.3 Å². The molecule has 3 heteroatoms. The molecule has 0 unspecified atom stereocenters. The zero-order valence-electron chi connectivity index (χ0n) is 8.78. The maximum absolute atomic E-state index is 5.95. The number of fused-ring (bicyclic) bond motifs is 1. The van der Waals surface area contributed by atoms with Gasteiger partial charge in [0.1, 0.15) is 0 Å². The quantitative estimate of drug-likeness (QED) is 0.699. The van der Waals surface area contributed by atoms with E-state index in [2.05, 4.69) is 18.9 Å². The van der Waals surface area contributed by atoms with Crippen molar-refractivity contribution >= 4 is 16.6 Å². The number of aryl methyl sites for hydroxylation is 1. The predicted molar refractivity (Wildman–Crippen MR) is 59.2 cm³/mol. The van der Waals surface area contributed by atoms with Gasteiger partial charge in [0, 0.05) is 18.1 Å². The fourth-order valence-electron chi connectivity index (χ4n) is 1.78. The molecular formula is C11H15N3. The molecular weight excluding hydrogens is 174 g/mol. The summed E-state index contributed by atoms with van der Waals surface area (Å²) in [5.74, 6) is 0.406. The molecule has 0 saturated carbocycles. The van der Waals surface area contributed by atoms with Crippen LogP contribution < -0.4 is 5.73 Å². The first-order chi connectivity index (χ1) is 6.61. The highest BCUT2D eigenvalue weighted by molar-refractivity contribution is 5.93. The molecule has 14 heavy (non-hydrogen) atoms. The summed E-state index contributed by atoms with van der Waals surface area (Å²) in [5.41, 5.74) is 8.96. The Bertz CT molecular complexity index is 469. The second-order valence-electron chi connectivity index (χ2n) is 3.90. The molecule has 3 nitrogen and oxygen atoms in total. The number of benzene rings is 1. The van der Waals surface area contributed by atoms with Crippen LogP contribution in [0.5, 0.6) is 0 Å². The van der Waals surface area contributed by atoms with Crippen LogP contribution in [0.25, 0.3) is 10.9 Å². The second-order valence-corrected chi connectivity index (χ2v) is 3.90. The van der Waals surface area contributed by atoms with Gasteiger partial charge in [0.25, 0.3) is 0 Å². The molecule has 1 aromatic heterocycles. The number of hydrogen-bond acceptors (Lipinski definition) is 2. The van der Waals surface area contributed by atoms with Crippen LogP contribution in [0.4, 0.5) is 5.69 Å². The van der Waals surface area contributed by atoms with Gasteiger partial charge in [-0.3, -0.25) is 4.68 Å². The normalized spacial score (nSPS) is 11.4. The summed E-state index contributed by atoms with van der Waals surface area (Å²) in [5, 5.41) is 5.59. The van der Waals surface area contributed by atoms with Gasteiger partial charge in [-0.2, -0.15) is 5.10 Å². The summed E-state index contributed by atoms with van der Waals surface area (Å²) in [6, 6.07) is 5.93. The van der Waals surface area contributed by atoms with Crippen molar-refractivity contribution in [1.29, 1.82) is 0 Å². The Morgan fingerprint density at radius 1 is 1.36 bits per heavy atom. The average Bonchev–Trinajstić information content (AvgIpc) is 2.46. The SMILES string of the molecule is CC(C)c1nn(C)c2cccc(N)c12. The van der Waals surface area contributed by atoms with Crippen molar-refractivity contribution < 1.29 is 0 Å². The predicted octanol–water partition coefficient (Wildman–Crippen LogP) is 2.28. The molecule has 2 N–H and O–H groups in total. The smallest absolute Gasteiger partial charge is 0.0749 e. The van der Waals surface area contributed by atoms with Gasteiger partial charge in [0.15, 0.2) is 0 Å². The van der Waals surface area contributed by atoms with Crippen LogP contribution in [0.3, 0.4) is 0 Å². The average molecular weight is 189 g/mol. The highest BCUT2D eigenvalue weighted by Crippen LogP contribution is 2.28. The van der Waals surface area contributed by atoms with Gasteiger partial charge in [-0.05, 0) is 18.1 Å². The standard InChI is InChI=1S/C11H15N3/c1-7(2)11-10-8(12)5-4-6-9(10)14(3)13-11/h4-7H,12H2,1-3H3. The van der Waals surface area contributed by atoms with E-state index in [1.54, 1.807) is 0 Å². The van der Waals surface area contributed by atoms with Crippen LogP contribution >= 0.6 is 0 Å². The van der Waals surface area contributed by atoms with E-state index in [-0.39, 0.29) is 0 Å². The fraction of sp³-hybridized carbons (Fsp3) is 0.364. The molecule has 0 aliphatic carbocycles. The Balaban J connectivity index is 2.86. The molecule has 0 amide bonds. The molecule has 0 spiro atoms. The van der Waals surface area contributed by atoms with Crippen LogP contribution in [-0.2, 0) is 7.05 Å². The first-order valence-electron chi connectivity index (χ1n) is 4.82. The van der Waals surface area contributed by atoms with Gasteiger partial charge in [0.05, 0.1) is 11.2 Å². The number of hydrogen-bond donors (Lipinski definition) is 1. The van der Waals surface area contributed by atoms with E-state index in [1.807, 2.05) is 29.9 Å². The lowest BCUT2D eigenvalue weighted by Crippen LogP contribution is -1.93. The molecule has 0 saturated heterocycles. The Labute approximate surface area is 83.5 Å².